The van der Waals surface area contributed by atoms with Crippen LogP contribution in [0.2, 0.25) is 0 Å². The lowest BCUT2D eigenvalue weighted by Crippen LogP contribution is -2.67. The van der Waals surface area contributed by atoms with Crippen LogP contribution < -0.4 is 4.74 Å². The van der Waals surface area contributed by atoms with Gasteiger partial charge in [-0.05, 0) is 23.8 Å². The molecule has 0 unspecified atom stereocenters. The number of allylic oxidation sites excluding steroid dienone is 1. The molecule has 2 saturated heterocycles. The number of rotatable bonds is 16. The zero-order valence-corrected chi connectivity index (χ0v) is 33.8. The van der Waals surface area contributed by atoms with Gasteiger partial charge in [0.25, 0.3) is 0 Å². The second kappa shape index (κ2) is 21.7. The highest BCUT2D eigenvalue weighted by molar-refractivity contribution is 6.06. The van der Waals surface area contributed by atoms with Gasteiger partial charge in [0.2, 0.25) is 12.4 Å². The van der Waals surface area contributed by atoms with Crippen LogP contribution >= 0.6 is 0 Å². The number of carbonyl (C=O) groups excluding carboxylic acids is 8. The highest BCUT2D eigenvalue weighted by atomic mass is 16.8. The average Bonchev–Trinajstić information content (AvgIpc) is 3.16. The fourth-order valence-corrected chi connectivity index (χ4v) is 6.23. The minimum Gasteiger partial charge on any atom is -0.463 e. The predicted molar refractivity (Wildman–Crippen MR) is 200 cm³/mol. The van der Waals surface area contributed by atoms with Crippen LogP contribution in [0.15, 0.2) is 60.7 Å². The van der Waals surface area contributed by atoms with Crippen molar-refractivity contribution in [2.45, 2.75) is 110 Å². The Balaban J connectivity index is 1.74. The minimum atomic E-state index is -1.83. The maximum absolute atomic E-state index is 12.7. The van der Waals surface area contributed by atoms with Crippen molar-refractivity contribution in [2.75, 3.05) is 13.2 Å². The lowest BCUT2D eigenvalue weighted by Gasteiger charge is -2.48. The number of benzene rings is 2. The van der Waals surface area contributed by atoms with Crippen LogP contribution in [-0.2, 0) is 80.9 Å². The van der Waals surface area contributed by atoms with Crippen molar-refractivity contribution in [3.63, 3.8) is 0 Å². The van der Waals surface area contributed by atoms with E-state index in [1.165, 1.54) is 18.2 Å². The van der Waals surface area contributed by atoms with E-state index in [2.05, 4.69) is 0 Å². The second-order valence-corrected chi connectivity index (χ2v) is 13.4. The summed E-state index contributed by atoms with van der Waals surface area (Å²) in [5, 5.41) is 0. The first-order valence-corrected chi connectivity index (χ1v) is 18.5. The molecule has 10 atom stereocenters. The third-order valence-corrected chi connectivity index (χ3v) is 8.50. The Morgan fingerprint density at radius 3 is 1.43 bits per heavy atom. The Hall–Kier alpha value is -6.18. The van der Waals surface area contributed by atoms with Gasteiger partial charge in [-0.15, -0.1) is 0 Å². The van der Waals surface area contributed by atoms with Crippen molar-refractivity contribution in [1.82, 2.24) is 0 Å². The van der Waals surface area contributed by atoms with E-state index in [4.69, 9.17) is 52.1 Å². The molecule has 4 rings (SSSR count). The Morgan fingerprint density at radius 1 is 0.500 bits per heavy atom. The molecule has 0 spiro atoms. The fraction of sp³-hybridized carbons (Fsp3) is 0.463. The Kier molecular flexibility index (Phi) is 16.8. The molecule has 0 N–H and O–H groups in total. The Morgan fingerprint density at radius 2 is 0.933 bits per heavy atom. The summed E-state index contributed by atoms with van der Waals surface area (Å²) in [6.45, 7) is 6.26. The summed E-state index contributed by atoms with van der Waals surface area (Å²) in [6, 6.07) is 15.0. The molecule has 0 saturated carbocycles. The van der Waals surface area contributed by atoms with Crippen molar-refractivity contribution in [1.29, 1.82) is 0 Å². The molecule has 2 heterocycles. The summed E-state index contributed by atoms with van der Waals surface area (Å²) >= 11 is 0. The maximum Gasteiger partial charge on any atom is 0.303 e. The molecule has 0 aliphatic carbocycles. The van der Waals surface area contributed by atoms with Crippen LogP contribution in [0.3, 0.4) is 0 Å². The molecule has 2 aromatic rings. The molecule has 0 bridgehead atoms. The van der Waals surface area contributed by atoms with E-state index in [1.807, 2.05) is 0 Å². The molecule has 2 aliphatic heterocycles. The highest BCUT2D eigenvalue weighted by Gasteiger charge is 2.58. The highest BCUT2D eigenvalue weighted by Crippen LogP contribution is 2.36. The first-order chi connectivity index (χ1) is 28.4. The Bertz CT molecular complexity index is 1890. The quantitative estimate of drug-likeness (QED) is 0.102. The van der Waals surface area contributed by atoms with Crippen LogP contribution in [0.25, 0.3) is 6.08 Å². The van der Waals surface area contributed by atoms with Crippen LogP contribution in [0.5, 0.6) is 5.75 Å². The van der Waals surface area contributed by atoms with Crippen molar-refractivity contribution in [3.8, 4) is 5.75 Å². The van der Waals surface area contributed by atoms with E-state index in [1.54, 1.807) is 48.5 Å². The van der Waals surface area contributed by atoms with Crippen molar-refractivity contribution in [3.05, 3.63) is 71.8 Å². The van der Waals surface area contributed by atoms with Gasteiger partial charge in [0.15, 0.2) is 36.5 Å². The normalized spacial score (nSPS) is 26.1. The van der Waals surface area contributed by atoms with Crippen molar-refractivity contribution >= 4 is 53.6 Å². The smallest absolute Gasteiger partial charge is 0.303 e. The third kappa shape index (κ3) is 13.7. The summed E-state index contributed by atoms with van der Waals surface area (Å²) in [4.78, 5) is 99.0. The van der Waals surface area contributed by atoms with Crippen LogP contribution in [0.1, 0.15) is 64.4 Å². The standard InChI is InChI=1S/C41H46O19/c1-21(42)50-19-32-34(52-23(3)44)36(53-24(4)45)39(56-27(7)48)41(59-32)60-35-33(20-51-22(2)43)58-40(38(55-26(6)47)37(35)54-25(5)46)57-30-16-13-28(14-17-30)15-18-31(49)29-11-9-8-10-12-29/h8-18,32-41H,19-20H2,1-7H3/b18-15+/t32-,33-,34-,35-,36+,37+,38-,39-,40-,41+/m1/s1. The summed E-state index contributed by atoms with van der Waals surface area (Å²) < 4.78 is 63.0. The number of carbonyl (C=O) groups is 8. The van der Waals surface area contributed by atoms with E-state index >= 15 is 0 Å². The van der Waals surface area contributed by atoms with E-state index < -0.39 is 116 Å². The largest absolute Gasteiger partial charge is 0.463 e. The van der Waals surface area contributed by atoms with Crippen LogP contribution in [-0.4, -0.2) is 122 Å². The molecule has 324 valence electrons. The van der Waals surface area contributed by atoms with Crippen LogP contribution in [0.4, 0.5) is 0 Å². The van der Waals surface area contributed by atoms with Gasteiger partial charge >= 0.3 is 41.8 Å². The lowest BCUT2D eigenvalue weighted by atomic mass is 9.96. The van der Waals surface area contributed by atoms with Gasteiger partial charge in [-0.25, -0.2) is 0 Å². The molecule has 0 aromatic heterocycles. The molecule has 2 aromatic carbocycles. The first-order valence-electron chi connectivity index (χ1n) is 18.5. The average molecular weight is 843 g/mol. The van der Waals surface area contributed by atoms with Crippen molar-refractivity contribution in [2.24, 2.45) is 0 Å². The lowest BCUT2D eigenvalue weighted by molar-refractivity contribution is -0.354. The van der Waals surface area contributed by atoms with Crippen molar-refractivity contribution < 1.29 is 90.5 Å². The van der Waals surface area contributed by atoms with Crippen LogP contribution in [0, 0.1) is 0 Å². The molecule has 19 heteroatoms. The molecule has 2 fully saturated rings. The molecule has 60 heavy (non-hydrogen) atoms. The van der Waals surface area contributed by atoms with E-state index in [9.17, 15) is 38.4 Å². The third-order valence-electron chi connectivity index (χ3n) is 8.50. The monoisotopic (exact) mass is 842 g/mol. The number of ether oxygens (including phenoxy) is 11. The van der Waals surface area contributed by atoms with Gasteiger partial charge < -0.3 is 52.1 Å². The molecular formula is C41H46O19. The van der Waals surface area contributed by atoms with Gasteiger partial charge in [-0.3, -0.25) is 38.4 Å². The molecular weight excluding hydrogens is 796 g/mol. The van der Waals surface area contributed by atoms with E-state index in [0.717, 1.165) is 48.5 Å². The van der Waals surface area contributed by atoms with Gasteiger partial charge in [0, 0.05) is 54.0 Å². The van der Waals surface area contributed by atoms with Gasteiger partial charge in [0.05, 0.1) is 0 Å². The first kappa shape index (κ1) is 46.5. The zero-order chi connectivity index (χ0) is 44.1. The summed E-state index contributed by atoms with van der Waals surface area (Å²) in [7, 11) is 0. The number of esters is 7. The second-order valence-electron chi connectivity index (χ2n) is 13.4. The number of ketones is 1. The molecule has 0 radical (unpaired) electrons. The zero-order valence-electron chi connectivity index (χ0n) is 33.8. The number of hydrogen-bond acceptors (Lipinski definition) is 19. The number of hydrogen-bond donors (Lipinski definition) is 0. The fourth-order valence-electron chi connectivity index (χ4n) is 6.23. The maximum atomic E-state index is 12.7. The van der Waals surface area contributed by atoms with Gasteiger partial charge in [-0.2, -0.15) is 0 Å². The molecule has 2 aliphatic rings. The molecule has 19 nitrogen and oxygen atoms in total. The molecule has 0 amide bonds. The summed E-state index contributed by atoms with van der Waals surface area (Å²) in [5.74, 6) is -6.07. The van der Waals surface area contributed by atoms with Gasteiger partial charge in [0.1, 0.15) is 37.3 Å². The van der Waals surface area contributed by atoms with Gasteiger partial charge in [-0.1, -0.05) is 48.5 Å². The van der Waals surface area contributed by atoms with E-state index in [0.29, 0.717) is 11.1 Å². The SMILES string of the molecule is CC(=O)OC[C@H]1O[C@@H](O[C@H]2[C@H](OC(C)=O)[C@@H](OC(C)=O)[C@H](Oc3ccc(/C=C/C(=O)c4ccccc4)cc3)O[C@@H]2COC(C)=O)[C@H](OC(C)=O)[C@@H](OC(C)=O)[C@@H]1OC(C)=O. The summed E-state index contributed by atoms with van der Waals surface area (Å²) in [5.41, 5.74) is 1.12. The predicted octanol–water partition coefficient (Wildman–Crippen LogP) is 2.58. The van der Waals surface area contributed by atoms with E-state index in [-0.39, 0.29) is 11.5 Å². The summed E-state index contributed by atoms with van der Waals surface area (Å²) in [6.07, 6.45) is -13.1. The Labute approximate surface area is 344 Å². The minimum absolute atomic E-state index is 0.162. The topological polar surface area (TPSA) is 238 Å².